The highest BCUT2D eigenvalue weighted by molar-refractivity contribution is 6.25. The van der Waals surface area contributed by atoms with Crippen molar-refractivity contribution >= 4 is 23.9 Å². The van der Waals surface area contributed by atoms with E-state index in [2.05, 4.69) is 23.8 Å². The Hall–Kier alpha value is -2.08. The molecule has 0 bridgehead atoms. The number of ether oxygens (including phenoxy) is 1. The van der Waals surface area contributed by atoms with Crippen molar-refractivity contribution in [1.82, 2.24) is 10.6 Å². The summed E-state index contributed by atoms with van der Waals surface area (Å²) < 4.78 is 17.9. The monoisotopic (exact) mass is 302 g/mol. The van der Waals surface area contributed by atoms with E-state index >= 15 is 0 Å². The standard InChI is InChI=1S/C13H16ClFN2O3/c1-3-12(6-11(15)7-14)20-8-13(19)17-10(2)4-5-16-9-18/h3,6-7,9H,1-2,4-5,8H2,(H,16,18)(H,17,19)/b11-7-,12-6+. The summed E-state index contributed by atoms with van der Waals surface area (Å²) in [6.07, 6.45) is 3.20. The average Bonchev–Trinajstić information content (AvgIpc) is 2.43. The number of amides is 2. The summed E-state index contributed by atoms with van der Waals surface area (Å²) in [5.41, 5.74) is 1.17. The van der Waals surface area contributed by atoms with Gasteiger partial charge in [0.05, 0.1) is 0 Å². The number of hydrogen-bond donors (Lipinski definition) is 2. The number of hydrogen-bond acceptors (Lipinski definition) is 3. The lowest BCUT2D eigenvalue weighted by Crippen LogP contribution is -2.28. The van der Waals surface area contributed by atoms with Crippen LogP contribution in [0.1, 0.15) is 6.42 Å². The first-order valence-electron chi connectivity index (χ1n) is 5.61. The normalized spacial score (nSPS) is 11.5. The molecule has 2 amide bonds. The first kappa shape index (κ1) is 17.9. The molecule has 5 nitrogen and oxygen atoms in total. The highest BCUT2D eigenvalue weighted by atomic mass is 35.5. The lowest BCUT2D eigenvalue weighted by molar-refractivity contribution is -0.123. The van der Waals surface area contributed by atoms with Gasteiger partial charge >= 0.3 is 0 Å². The van der Waals surface area contributed by atoms with Gasteiger partial charge in [0, 0.05) is 30.3 Å². The van der Waals surface area contributed by atoms with Crippen molar-refractivity contribution in [2.45, 2.75) is 6.42 Å². The zero-order chi connectivity index (χ0) is 15.4. The van der Waals surface area contributed by atoms with E-state index in [1.807, 2.05) is 0 Å². The highest BCUT2D eigenvalue weighted by Crippen LogP contribution is 2.07. The van der Waals surface area contributed by atoms with E-state index in [-0.39, 0.29) is 12.4 Å². The molecular formula is C13H16ClFN2O3. The fourth-order valence-electron chi connectivity index (χ4n) is 1.05. The molecule has 0 saturated heterocycles. The molecule has 0 aliphatic rings. The molecule has 2 N–H and O–H groups in total. The van der Waals surface area contributed by atoms with Crippen molar-refractivity contribution < 1.29 is 18.7 Å². The van der Waals surface area contributed by atoms with Gasteiger partial charge < -0.3 is 15.4 Å². The predicted molar refractivity (Wildman–Crippen MR) is 75.2 cm³/mol. The largest absolute Gasteiger partial charge is 0.484 e. The number of allylic oxidation sites excluding steroid dienone is 3. The van der Waals surface area contributed by atoms with Gasteiger partial charge in [0.15, 0.2) is 6.61 Å². The summed E-state index contributed by atoms with van der Waals surface area (Å²) in [6.45, 7) is 7.07. The molecule has 0 aromatic rings. The number of carbonyl (C=O) groups excluding carboxylic acids is 2. The molecule has 0 heterocycles. The fourth-order valence-corrected chi connectivity index (χ4v) is 1.12. The van der Waals surface area contributed by atoms with Crippen molar-refractivity contribution in [2.75, 3.05) is 13.2 Å². The van der Waals surface area contributed by atoms with Gasteiger partial charge in [-0.05, 0) is 6.08 Å². The zero-order valence-corrected chi connectivity index (χ0v) is 11.6. The second-order valence-electron chi connectivity index (χ2n) is 3.51. The minimum atomic E-state index is -0.716. The molecule has 110 valence electrons. The van der Waals surface area contributed by atoms with Crippen LogP contribution >= 0.6 is 11.6 Å². The minimum Gasteiger partial charge on any atom is -0.484 e. The Kier molecular flexibility index (Phi) is 9.68. The average molecular weight is 303 g/mol. The topological polar surface area (TPSA) is 67.4 Å². The predicted octanol–water partition coefficient (Wildman–Crippen LogP) is 1.89. The molecule has 0 aromatic heterocycles. The molecule has 0 aliphatic heterocycles. The van der Waals surface area contributed by atoms with Crippen LogP contribution in [0.2, 0.25) is 0 Å². The van der Waals surface area contributed by atoms with Crippen molar-refractivity contribution in [2.24, 2.45) is 0 Å². The molecule has 7 heteroatoms. The van der Waals surface area contributed by atoms with E-state index < -0.39 is 11.7 Å². The van der Waals surface area contributed by atoms with Gasteiger partial charge in [-0.1, -0.05) is 24.8 Å². The Labute approximate surface area is 121 Å². The van der Waals surface area contributed by atoms with E-state index in [0.717, 1.165) is 11.6 Å². The van der Waals surface area contributed by atoms with Crippen LogP contribution in [0.25, 0.3) is 0 Å². The molecule has 0 fully saturated rings. The van der Waals surface area contributed by atoms with Crippen molar-refractivity contribution in [3.63, 3.8) is 0 Å². The third-order valence-corrected chi connectivity index (χ3v) is 2.13. The number of rotatable bonds is 10. The minimum absolute atomic E-state index is 0.0720. The Morgan fingerprint density at radius 3 is 2.70 bits per heavy atom. The summed E-state index contributed by atoms with van der Waals surface area (Å²) >= 11 is 5.15. The molecule has 0 aliphatic carbocycles. The summed E-state index contributed by atoms with van der Waals surface area (Å²) in [5.74, 6) is -1.10. The Morgan fingerprint density at radius 1 is 1.45 bits per heavy atom. The molecular weight excluding hydrogens is 287 g/mol. The van der Waals surface area contributed by atoms with E-state index in [4.69, 9.17) is 16.3 Å². The van der Waals surface area contributed by atoms with Gasteiger partial charge in [0.25, 0.3) is 5.91 Å². The first-order chi connectivity index (χ1) is 9.53. The molecule has 0 saturated carbocycles. The Balaban J connectivity index is 4.14. The van der Waals surface area contributed by atoms with Gasteiger partial charge in [0.2, 0.25) is 6.41 Å². The Morgan fingerprint density at radius 2 is 2.15 bits per heavy atom. The highest BCUT2D eigenvalue weighted by Gasteiger charge is 2.05. The van der Waals surface area contributed by atoms with Crippen LogP contribution in [0.3, 0.4) is 0 Å². The van der Waals surface area contributed by atoms with Crippen LogP contribution in [0.5, 0.6) is 0 Å². The summed E-state index contributed by atoms with van der Waals surface area (Å²) in [4.78, 5) is 21.5. The van der Waals surface area contributed by atoms with Gasteiger partial charge in [-0.15, -0.1) is 0 Å². The summed E-state index contributed by atoms with van der Waals surface area (Å²) in [5, 5.41) is 4.91. The maximum absolute atomic E-state index is 12.9. The quantitative estimate of drug-likeness (QED) is 0.280. The molecule has 0 atom stereocenters. The van der Waals surface area contributed by atoms with Crippen LogP contribution < -0.4 is 10.6 Å². The molecule has 0 rings (SSSR count). The molecule has 0 aromatic carbocycles. The smallest absolute Gasteiger partial charge is 0.262 e. The summed E-state index contributed by atoms with van der Waals surface area (Å²) in [7, 11) is 0. The SMILES string of the molecule is C=C/C(=C\C(F)=C\Cl)OCC(=O)NC(=C)CCNC=O. The van der Waals surface area contributed by atoms with Crippen molar-refractivity contribution in [3.05, 3.63) is 48.1 Å². The number of carbonyl (C=O) groups is 2. The molecule has 0 spiro atoms. The molecule has 20 heavy (non-hydrogen) atoms. The zero-order valence-electron chi connectivity index (χ0n) is 10.8. The van der Waals surface area contributed by atoms with Crippen LogP contribution in [0.4, 0.5) is 4.39 Å². The van der Waals surface area contributed by atoms with E-state index in [1.165, 1.54) is 6.08 Å². The second kappa shape index (κ2) is 10.8. The van der Waals surface area contributed by atoms with E-state index in [1.54, 1.807) is 0 Å². The molecule has 0 radical (unpaired) electrons. The lowest BCUT2D eigenvalue weighted by atomic mass is 10.3. The van der Waals surface area contributed by atoms with E-state index in [0.29, 0.717) is 25.1 Å². The maximum Gasteiger partial charge on any atom is 0.262 e. The van der Waals surface area contributed by atoms with Crippen molar-refractivity contribution in [1.29, 1.82) is 0 Å². The number of halogens is 2. The Bertz CT molecular complexity index is 433. The van der Waals surface area contributed by atoms with E-state index in [9.17, 15) is 14.0 Å². The van der Waals surface area contributed by atoms with Gasteiger partial charge in [-0.2, -0.15) is 0 Å². The fraction of sp³-hybridized carbons (Fsp3) is 0.231. The lowest BCUT2D eigenvalue weighted by Gasteiger charge is -2.09. The third kappa shape index (κ3) is 8.93. The van der Waals surface area contributed by atoms with Crippen LogP contribution in [-0.4, -0.2) is 25.5 Å². The van der Waals surface area contributed by atoms with Gasteiger partial charge in [0.1, 0.15) is 11.6 Å². The van der Waals surface area contributed by atoms with Gasteiger partial charge in [-0.25, -0.2) is 4.39 Å². The van der Waals surface area contributed by atoms with Gasteiger partial charge in [-0.3, -0.25) is 9.59 Å². The third-order valence-electron chi connectivity index (χ3n) is 1.93. The summed E-state index contributed by atoms with van der Waals surface area (Å²) in [6, 6.07) is 0. The second-order valence-corrected chi connectivity index (χ2v) is 3.73. The molecule has 0 unspecified atom stereocenters. The van der Waals surface area contributed by atoms with Crippen LogP contribution in [0.15, 0.2) is 48.1 Å². The van der Waals surface area contributed by atoms with Crippen LogP contribution in [0, 0.1) is 0 Å². The van der Waals surface area contributed by atoms with Crippen LogP contribution in [-0.2, 0) is 14.3 Å². The first-order valence-corrected chi connectivity index (χ1v) is 6.04. The van der Waals surface area contributed by atoms with Crippen molar-refractivity contribution in [3.8, 4) is 0 Å². The number of nitrogens with one attached hydrogen (secondary N) is 2. The maximum atomic E-state index is 12.9.